The lowest BCUT2D eigenvalue weighted by Crippen LogP contribution is -2.48. The minimum Gasteiger partial charge on any atom is -0.492 e. The summed E-state index contributed by atoms with van der Waals surface area (Å²) in [5.74, 6) is 1.18. The molecule has 1 unspecified atom stereocenters. The molecule has 224 valence electrons. The minimum absolute atomic E-state index is 0.0486. The van der Waals surface area contributed by atoms with Crippen molar-refractivity contribution in [1.82, 2.24) is 29.8 Å². The van der Waals surface area contributed by atoms with Gasteiger partial charge < -0.3 is 36.2 Å². The second-order valence-corrected chi connectivity index (χ2v) is 10.5. The van der Waals surface area contributed by atoms with Crippen molar-refractivity contribution in [3.8, 4) is 17.2 Å². The first-order chi connectivity index (χ1) is 20.3. The molecule has 4 aromatic rings. The molecule has 0 bridgehead atoms. The zero-order valence-electron chi connectivity index (χ0n) is 23.8. The Balaban J connectivity index is 1.05. The van der Waals surface area contributed by atoms with E-state index in [2.05, 4.69) is 30.6 Å². The van der Waals surface area contributed by atoms with E-state index in [-0.39, 0.29) is 30.2 Å². The van der Waals surface area contributed by atoms with Gasteiger partial charge in [-0.3, -0.25) is 9.69 Å². The SMILES string of the molecule is CC(C)C(N)C(=O)NCCOc1ccc(N2CCN(CCNc3nc(N)n4nc(-c5ccco5)cc4n3)CC2)c(F)c1. The number of piperazine rings is 1. The summed E-state index contributed by atoms with van der Waals surface area (Å²) in [5, 5.41) is 10.4. The summed E-state index contributed by atoms with van der Waals surface area (Å²) >= 11 is 0. The van der Waals surface area contributed by atoms with Crippen LogP contribution in [0.1, 0.15) is 13.8 Å². The summed E-state index contributed by atoms with van der Waals surface area (Å²) in [4.78, 5) is 25.1. The number of aromatic nitrogens is 4. The average molecular weight is 581 g/mol. The Hall–Kier alpha value is -4.43. The molecule has 1 aliphatic rings. The zero-order chi connectivity index (χ0) is 29.6. The van der Waals surface area contributed by atoms with Gasteiger partial charge in [-0.2, -0.15) is 19.6 Å². The van der Waals surface area contributed by atoms with Crippen LogP contribution in [0.25, 0.3) is 17.1 Å². The van der Waals surface area contributed by atoms with Gasteiger partial charge in [0.25, 0.3) is 0 Å². The van der Waals surface area contributed by atoms with E-state index in [1.54, 1.807) is 30.5 Å². The van der Waals surface area contributed by atoms with Crippen LogP contribution in [-0.4, -0.2) is 88.9 Å². The Morgan fingerprint density at radius 3 is 2.67 bits per heavy atom. The third kappa shape index (κ3) is 6.89. The van der Waals surface area contributed by atoms with Crippen LogP contribution in [0.5, 0.6) is 5.75 Å². The van der Waals surface area contributed by atoms with Gasteiger partial charge in [-0.15, -0.1) is 0 Å². The minimum atomic E-state index is -0.563. The van der Waals surface area contributed by atoms with Crippen LogP contribution in [0.4, 0.5) is 22.0 Å². The molecule has 1 fully saturated rings. The van der Waals surface area contributed by atoms with E-state index < -0.39 is 6.04 Å². The maximum Gasteiger partial charge on any atom is 0.237 e. The molecule has 5 rings (SSSR count). The molecule has 0 saturated carbocycles. The summed E-state index contributed by atoms with van der Waals surface area (Å²) in [7, 11) is 0. The largest absolute Gasteiger partial charge is 0.492 e. The highest BCUT2D eigenvalue weighted by molar-refractivity contribution is 5.81. The Bertz CT molecular complexity index is 1480. The monoisotopic (exact) mass is 580 g/mol. The van der Waals surface area contributed by atoms with Crippen molar-refractivity contribution in [2.75, 3.05) is 68.4 Å². The molecule has 1 aliphatic heterocycles. The predicted octanol–water partition coefficient (Wildman–Crippen LogP) is 1.82. The normalized spacial score (nSPS) is 14.8. The highest BCUT2D eigenvalue weighted by Crippen LogP contribution is 2.25. The van der Waals surface area contributed by atoms with Gasteiger partial charge in [-0.05, 0) is 30.2 Å². The van der Waals surface area contributed by atoms with Crippen LogP contribution in [0.15, 0.2) is 47.1 Å². The number of hydrogen-bond acceptors (Lipinski definition) is 11. The predicted molar refractivity (Wildman–Crippen MR) is 158 cm³/mol. The number of ether oxygens (including phenoxy) is 1. The number of nitrogens with two attached hydrogens (primary N) is 2. The summed E-state index contributed by atoms with van der Waals surface area (Å²) < 4.78 is 27.4. The Morgan fingerprint density at radius 1 is 1.14 bits per heavy atom. The van der Waals surface area contributed by atoms with E-state index in [4.69, 9.17) is 20.6 Å². The van der Waals surface area contributed by atoms with Crippen LogP contribution in [0.2, 0.25) is 0 Å². The fourth-order valence-corrected chi connectivity index (χ4v) is 4.67. The quantitative estimate of drug-likeness (QED) is 0.181. The van der Waals surface area contributed by atoms with Crippen LogP contribution in [0.3, 0.4) is 0 Å². The number of anilines is 3. The molecule has 0 spiro atoms. The molecule has 13 nitrogen and oxygen atoms in total. The topological polar surface area (TPSA) is 165 Å². The number of nitrogens with zero attached hydrogens (tertiary/aromatic N) is 6. The maximum absolute atomic E-state index is 14.9. The molecule has 1 amide bonds. The molecule has 1 saturated heterocycles. The van der Waals surface area contributed by atoms with Gasteiger partial charge >= 0.3 is 0 Å². The van der Waals surface area contributed by atoms with Crippen LogP contribution >= 0.6 is 0 Å². The summed E-state index contributed by atoms with van der Waals surface area (Å²) in [6.45, 7) is 8.65. The summed E-state index contributed by atoms with van der Waals surface area (Å²) in [5.41, 5.74) is 13.7. The number of halogens is 1. The van der Waals surface area contributed by atoms with E-state index >= 15 is 0 Å². The Morgan fingerprint density at radius 2 is 1.95 bits per heavy atom. The van der Waals surface area contributed by atoms with Crippen molar-refractivity contribution < 1.29 is 18.3 Å². The van der Waals surface area contributed by atoms with E-state index in [9.17, 15) is 9.18 Å². The first kappa shape index (κ1) is 29.1. The molecule has 1 atom stereocenters. The molecule has 14 heteroatoms. The van der Waals surface area contributed by atoms with Gasteiger partial charge in [0.15, 0.2) is 11.4 Å². The number of rotatable bonds is 12. The lowest BCUT2D eigenvalue weighted by Gasteiger charge is -2.36. The van der Waals surface area contributed by atoms with Gasteiger partial charge in [-0.25, -0.2) is 4.39 Å². The second kappa shape index (κ2) is 13.0. The summed E-state index contributed by atoms with van der Waals surface area (Å²) in [6, 6.07) is 9.71. The average Bonchev–Trinajstić information content (AvgIpc) is 3.66. The van der Waals surface area contributed by atoms with Gasteiger partial charge in [0.05, 0.1) is 24.5 Å². The first-order valence-electron chi connectivity index (χ1n) is 14.0. The van der Waals surface area contributed by atoms with Crippen molar-refractivity contribution in [1.29, 1.82) is 0 Å². The maximum atomic E-state index is 14.9. The van der Waals surface area contributed by atoms with E-state index in [0.29, 0.717) is 60.7 Å². The highest BCUT2D eigenvalue weighted by atomic mass is 19.1. The molecule has 1 aromatic carbocycles. The molecule has 3 aromatic heterocycles. The molecule has 0 aliphatic carbocycles. The van der Waals surface area contributed by atoms with Crippen molar-refractivity contribution in [3.63, 3.8) is 0 Å². The number of carbonyl (C=O) groups excluding carboxylic acids is 1. The molecular weight excluding hydrogens is 543 g/mol. The van der Waals surface area contributed by atoms with Crippen LogP contribution in [-0.2, 0) is 4.79 Å². The van der Waals surface area contributed by atoms with Gasteiger partial charge in [0.2, 0.25) is 17.8 Å². The molecule has 6 N–H and O–H groups in total. The standard InChI is InChI=1S/C28H37FN10O3/c1-18(2)25(30)26(40)32-8-15-41-19-5-6-22(20(29)16-19)38-12-10-37(11-13-38)9-7-33-28-34-24-17-21(23-4-3-14-42-23)36-39(24)27(31)35-28/h3-6,14,16-18,25H,7-13,15,30H2,1-2H3,(H,32,40)(H3,31,33,34,35). The number of nitrogen functional groups attached to an aromatic ring is 1. The number of nitrogens with one attached hydrogen (secondary N) is 2. The summed E-state index contributed by atoms with van der Waals surface area (Å²) in [6.07, 6.45) is 1.58. The number of benzene rings is 1. The highest BCUT2D eigenvalue weighted by Gasteiger charge is 2.20. The van der Waals surface area contributed by atoms with Crippen molar-refractivity contribution in [3.05, 3.63) is 48.5 Å². The van der Waals surface area contributed by atoms with Gasteiger partial charge in [0.1, 0.15) is 23.9 Å². The van der Waals surface area contributed by atoms with Crippen LogP contribution < -0.4 is 31.7 Å². The number of fused-ring (bicyclic) bond motifs is 1. The van der Waals surface area contributed by atoms with Gasteiger partial charge in [-0.1, -0.05) is 13.8 Å². The number of hydrogen-bond donors (Lipinski definition) is 4. The number of carbonyl (C=O) groups is 1. The Kier molecular flexibility index (Phi) is 9.03. The third-order valence-electron chi connectivity index (χ3n) is 7.16. The molecule has 4 heterocycles. The van der Waals surface area contributed by atoms with E-state index in [0.717, 1.165) is 19.6 Å². The molecule has 42 heavy (non-hydrogen) atoms. The number of furan rings is 1. The fraction of sp³-hybridized carbons (Fsp3) is 0.429. The molecule has 0 radical (unpaired) electrons. The lowest BCUT2D eigenvalue weighted by molar-refractivity contribution is -0.123. The fourth-order valence-electron chi connectivity index (χ4n) is 4.67. The van der Waals surface area contributed by atoms with Crippen LogP contribution in [0, 0.1) is 11.7 Å². The number of amides is 1. The zero-order valence-corrected chi connectivity index (χ0v) is 23.8. The third-order valence-corrected chi connectivity index (χ3v) is 7.16. The van der Waals surface area contributed by atoms with Crippen molar-refractivity contribution in [2.45, 2.75) is 19.9 Å². The van der Waals surface area contributed by atoms with Crippen molar-refractivity contribution in [2.24, 2.45) is 11.7 Å². The van der Waals surface area contributed by atoms with E-state index in [1.807, 2.05) is 24.8 Å². The molecular formula is C28H37FN10O3. The lowest BCUT2D eigenvalue weighted by atomic mass is 10.1. The smallest absolute Gasteiger partial charge is 0.237 e. The Labute approximate surface area is 243 Å². The van der Waals surface area contributed by atoms with E-state index in [1.165, 1.54) is 10.6 Å². The second-order valence-electron chi connectivity index (χ2n) is 10.5. The van der Waals surface area contributed by atoms with Gasteiger partial charge in [0, 0.05) is 51.4 Å². The first-order valence-corrected chi connectivity index (χ1v) is 14.0. The van der Waals surface area contributed by atoms with Crippen molar-refractivity contribution >= 4 is 29.1 Å².